The van der Waals surface area contributed by atoms with E-state index in [1.54, 1.807) is 43.1 Å². The molecule has 5 aromatic rings. The number of piperidine rings is 1. The van der Waals surface area contributed by atoms with Crippen LogP contribution in [0.25, 0.3) is 11.5 Å². The number of carbonyl (C=O) groups is 4. The van der Waals surface area contributed by atoms with Crippen LogP contribution in [0.15, 0.2) is 65.7 Å². The Bertz CT molecular complexity index is 2640. The minimum Gasteiger partial charge on any atom is -0.490 e. The predicted octanol–water partition coefficient (Wildman–Crippen LogP) is 3.23. The molecule has 0 radical (unpaired) electrons. The number of amides is 6. The van der Waals surface area contributed by atoms with E-state index < -0.39 is 6.03 Å². The number of ether oxygens (including phenoxy) is 2. The van der Waals surface area contributed by atoms with E-state index in [2.05, 4.69) is 26.4 Å². The molecule has 4 aromatic heterocycles. The largest absolute Gasteiger partial charge is 0.490 e. The Balaban J connectivity index is 0.799. The number of nitrogens with one attached hydrogen (secondary N) is 4. The number of carbonyl (C=O) groups excluding carboxylic acids is 4. The van der Waals surface area contributed by atoms with Crippen molar-refractivity contribution in [1.29, 1.82) is 0 Å². The van der Waals surface area contributed by atoms with Gasteiger partial charge in [-0.1, -0.05) is 0 Å². The van der Waals surface area contributed by atoms with Crippen LogP contribution in [-0.2, 0) is 22.6 Å². The summed E-state index contributed by atoms with van der Waals surface area (Å²) in [5, 5.41) is 20.9. The Kier molecular flexibility index (Phi) is 9.80. The molecule has 1 aromatic carbocycles. The van der Waals surface area contributed by atoms with E-state index in [-0.39, 0.29) is 59.3 Å². The van der Waals surface area contributed by atoms with Gasteiger partial charge in [-0.25, -0.2) is 14.6 Å². The fourth-order valence-electron chi connectivity index (χ4n) is 8.84. The van der Waals surface area contributed by atoms with Crippen molar-refractivity contribution < 1.29 is 28.7 Å². The fraction of sp³-hybridized carbons (Fsp3) is 0.429. The fourth-order valence-corrected chi connectivity index (χ4v) is 8.84. The third kappa shape index (κ3) is 7.12. The zero-order chi connectivity index (χ0) is 42.7. The Hall–Kier alpha value is -6.96. The molecule has 322 valence electrons. The van der Waals surface area contributed by atoms with Crippen molar-refractivity contribution in [3.8, 4) is 11.6 Å². The van der Waals surface area contributed by atoms with Gasteiger partial charge in [-0.3, -0.25) is 33.8 Å². The number of urea groups is 2. The van der Waals surface area contributed by atoms with Crippen LogP contribution in [-0.4, -0.2) is 120 Å². The van der Waals surface area contributed by atoms with Gasteiger partial charge in [0.15, 0.2) is 11.5 Å². The number of fused-ring (bicyclic) bond motifs is 2. The second-order valence-electron chi connectivity index (χ2n) is 16.5. The van der Waals surface area contributed by atoms with E-state index in [1.165, 1.54) is 15.7 Å². The van der Waals surface area contributed by atoms with E-state index >= 15 is 0 Å². The van der Waals surface area contributed by atoms with Gasteiger partial charge in [0.2, 0.25) is 5.91 Å². The number of anilines is 4. The summed E-state index contributed by atoms with van der Waals surface area (Å²) >= 11 is 0. The molecule has 6 amide bonds. The normalized spacial score (nSPS) is 20.7. The molecule has 0 unspecified atom stereocenters. The molecule has 4 N–H and O–H groups in total. The molecule has 20 nitrogen and oxygen atoms in total. The van der Waals surface area contributed by atoms with Crippen molar-refractivity contribution in [2.75, 3.05) is 49.3 Å². The zero-order valence-electron chi connectivity index (χ0n) is 34.4. The maximum Gasteiger partial charge on any atom is 0.328 e. The van der Waals surface area contributed by atoms with E-state index in [1.807, 2.05) is 44.8 Å². The number of rotatable bonds is 10. The van der Waals surface area contributed by atoms with E-state index in [0.29, 0.717) is 85.7 Å². The van der Waals surface area contributed by atoms with Crippen LogP contribution in [0.1, 0.15) is 61.0 Å². The molecule has 4 fully saturated rings. The molecule has 2 saturated carbocycles. The molecule has 2 aliphatic carbocycles. The van der Waals surface area contributed by atoms with Crippen molar-refractivity contribution in [2.45, 2.75) is 81.8 Å². The highest BCUT2D eigenvalue weighted by Gasteiger charge is 2.54. The van der Waals surface area contributed by atoms with Gasteiger partial charge < -0.3 is 35.2 Å². The van der Waals surface area contributed by atoms with E-state index in [4.69, 9.17) is 19.6 Å². The zero-order valence-corrected chi connectivity index (χ0v) is 34.4. The molecule has 10 rings (SSSR count). The summed E-state index contributed by atoms with van der Waals surface area (Å²) in [6.45, 7) is 2.35. The van der Waals surface area contributed by atoms with Crippen LogP contribution in [0.5, 0.6) is 5.75 Å². The van der Waals surface area contributed by atoms with Gasteiger partial charge in [0.25, 0.3) is 11.5 Å². The monoisotopic (exact) mass is 845 g/mol. The van der Waals surface area contributed by atoms with Gasteiger partial charge >= 0.3 is 12.1 Å². The lowest BCUT2D eigenvalue weighted by Crippen LogP contribution is -2.55. The number of hydrogen-bond acceptors (Lipinski definition) is 12. The van der Waals surface area contributed by atoms with E-state index in [0.717, 1.165) is 31.4 Å². The first-order valence-electron chi connectivity index (χ1n) is 21.0. The molecule has 5 aliphatic rings. The van der Waals surface area contributed by atoms with Gasteiger partial charge in [0, 0.05) is 77.1 Å². The number of likely N-dealkylation sites (tertiary alicyclic amines) is 1. The summed E-state index contributed by atoms with van der Waals surface area (Å²) < 4.78 is 16.7. The number of aromatic nitrogens is 6. The Morgan fingerprint density at radius 2 is 1.79 bits per heavy atom. The first-order chi connectivity index (χ1) is 30.1. The summed E-state index contributed by atoms with van der Waals surface area (Å²) in [5.41, 5.74) is 1.73. The molecule has 1 spiro atoms. The molecule has 2 atom stereocenters. The lowest BCUT2D eigenvalue weighted by molar-refractivity contribution is -0.120. The van der Waals surface area contributed by atoms with Crippen LogP contribution in [0.3, 0.4) is 0 Å². The second kappa shape index (κ2) is 15.5. The summed E-state index contributed by atoms with van der Waals surface area (Å²) in [7, 11) is 3.37. The topological polar surface area (TPSA) is 215 Å². The summed E-state index contributed by atoms with van der Waals surface area (Å²) in [4.78, 5) is 75.3. The second-order valence-corrected chi connectivity index (χ2v) is 16.5. The minimum absolute atomic E-state index is 0.00704. The molecule has 0 bridgehead atoms. The van der Waals surface area contributed by atoms with Gasteiger partial charge in [-0.2, -0.15) is 14.7 Å². The Morgan fingerprint density at radius 1 is 0.984 bits per heavy atom. The van der Waals surface area contributed by atoms with Crippen molar-refractivity contribution >= 4 is 52.5 Å². The van der Waals surface area contributed by atoms with Crippen LogP contribution in [0.4, 0.5) is 32.6 Å². The number of benzene rings is 1. The Labute approximate surface area is 355 Å². The van der Waals surface area contributed by atoms with Crippen molar-refractivity contribution in [3.05, 3.63) is 82.5 Å². The van der Waals surface area contributed by atoms with Gasteiger partial charge in [0.1, 0.15) is 34.7 Å². The molecule has 3 aliphatic heterocycles. The highest BCUT2D eigenvalue weighted by Crippen LogP contribution is 2.47. The number of pyridine rings is 1. The summed E-state index contributed by atoms with van der Waals surface area (Å²) in [5.74, 6) is 1.45. The predicted molar refractivity (Wildman–Crippen MR) is 225 cm³/mol. The third-order valence-electron chi connectivity index (χ3n) is 12.7. The smallest absolute Gasteiger partial charge is 0.328 e. The quantitative estimate of drug-likeness (QED) is 0.160. The van der Waals surface area contributed by atoms with E-state index in [9.17, 15) is 24.0 Å². The lowest BCUT2D eigenvalue weighted by atomic mass is 9.89. The Morgan fingerprint density at radius 3 is 2.50 bits per heavy atom. The molecule has 7 heterocycles. The first-order valence-corrected chi connectivity index (χ1v) is 21.0. The summed E-state index contributed by atoms with van der Waals surface area (Å²) in [6, 6.07) is 13.7. The average molecular weight is 846 g/mol. The number of hydrogen-bond donors (Lipinski definition) is 4. The number of nitrogens with zero attached hydrogens (tertiary/aromatic N) is 9. The van der Waals surface area contributed by atoms with Gasteiger partial charge in [-0.05, 0) is 62.1 Å². The summed E-state index contributed by atoms with van der Waals surface area (Å²) in [6.07, 6.45) is 8.11. The number of methoxy groups -OCH3 is 1. The first kappa shape index (κ1) is 39.2. The molecule has 20 heteroatoms. The maximum atomic E-state index is 14.1. The van der Waals surface area contributed by atoms with Crippen LogP contribution in [0.2, 0.25) is 0 Å². The van der Waals surface area contributed by atoms with Gasteiger partial charge in [0.05, 0.1) is 42.7 Å². The minimum atomic E-state index is -0.431. The van der Waals surface area contributed by atoms with Gasteiger partial charge in [-0.15, -0.1) is 0 Å². The highest BCUT2D eigenvalue weighted by molar-refractivity contribution is 6.05. The molecular formula is C42H47N13O7. The molecule has 62 heavy (non-hydrogen) atoms. The third-order valence-corrected chi connectivity index (χ3v) is 12.7. The van der Waals surface area contributed by atoms with Crippen molar-refractivity contribution in [3.63, 3.8) is 0 Å². The van der Waals surface area contributed by atoms with Crippen LogP contribution >= 0.6 is 0 Å². The maximum absolute atomic E-state index is 14.1. The van der Waals surface area contributed by atoms with Crippen LogP contribution < -0.4 is 36.5 Å². The lowest BCUT2D eigenvalue weighted by Gasteiger charge is -2.41. The van der Waals surface area contributed by atoms with Crippen molar-refractivity contribution in [2.24, 2.45) is 0 Å². The molecular weight excluding hydrogens is 799 g/mol. The standard InChI is InChI=1S/C42H47N13O7/c1-43-34-21-33(47-37-29(22-44-55(34)37)38(57)46-30-9-10-32(30)61-2)45-31-4-3-16-52(39(31)58)35-20-26-23-53(42(14-15-42)24-54(26)49-35)41(60)50-17-11-28(12-18-50)62-27-7-5-25(6-8-27)51-19-13-36(56)48-40(51)59/h3-8,16,20-22,28,30,32,43H,9-15,17-19,23-24H2,1-2H3,(H,45,47)(H,46,57)(H,48,56,59)/t30-,32-/m1/s1. The SMILES string of the molecule is CNc1cc(Nc2cccn(-c3cc4n(n3)CC3(CC3)N(C(=O)N3CCC(Oc5ccc(N6CCC(=O)NC6=O)cc5)CC3)C4)c2=O)nc2c(C(=O)N[C@@H]3CC[C@H]3OC)cnn12. The molecule has 2 saturated heterocycles. The van der Waals surface area contributed by atoms with Crippen molar-refractivity contribution in [1.82, 2.24) is 49.4 Å². The average Bonchev–Trinajstić information content (AvgIpc) is 3.69. The van der Waals surface area contributed by atoms with Crippen LogP contribution in [0, 0.1) is 0 Å². The highest BCUT2D eigenvalue weighted by atomic mass is 16.5. The number of imide groups is 1.